The molecule has 0 spiro atoms. The molecule has 1 aromatic carbocycles. The van der Waals surface area contributed by atoms with E-state index in [9.17, 15) is 4.39 Å². The summed E-state index contributed by atoms with van der Waals surface area (Å²) in [5.41, 5.74) is 3.02. The molecule has 0 aliphatic rings. The first-order valence-corrected chi connectivity index (χ1v) is 6.01. The molecule has 96 valence electrons. The van der Waals surface area contributed by atoms with Crippen LogP contribution in [-0.4, -0.2) is 0 Å². The molecule has 1 atom stereocenters. The van der Waals surface area contributed by atoms with Gasteiger partial charge in [-0.25, -0.2) is 9.82 Å². The van der Waals surface area contributed by atoms with Gasteiger partial charge in [-0.1, -0.05) is 11.6 Å². The van der Waals surface area contributed by atoms with Crippen molar-refractivity contribution in [1.82, 2.24) is 5.43 Å². The van der Waals surface area contributed by atoms with Crippen LogP contribution in [0, 0.1) is 5.82 Å². The minimum atomic E-state index is -0.370. The van der Waals surface area contributed by atoms with E-state index in [0.29, 0.717) is 22.8 Å². The van der Waals surface area contributed by atoms with Crippen LogP contribution < -0.4 is 11.3 Å². The molecule has 6 heteroatoms. The van der Waals surface area contributed by atoms with Gasteiger partial charge in [0.1, 0.15) is 11.6 Å². The largest absolute Gasteiger partial charge is 0.448 e. The standard InChI is InChI=1S/C12H11Cl2FN2O/c13-8-1-2-9(15)7(5-8)6-10(17-16)11-3-4-12(14)18-11/h1-5,10,17H,6,16H2. The smallest absolute Gasteiger partial charge is 0.193 e. The molecule has 0 radical (unpaired) electrons. The second-order valence-corrected chi connectivity index (χ2v) is 4.61. The summed E-state index contributed by atoms with van der Waals surface area (Å²) in [6.45, 7) is 0. The number of benzene rings is 1. The molecule has 2 rings (SSSR count). The molecule has 0 fully saturated rings. The van der Waals surface area contributed by atoms with Crippen molar-refractivity contribution in [2.75, 3.05) is 0 Å². The number of nitrogens with one attached hydrogen (secondary N) is 1. The Labute approximate surface area is 114 Å². The van der Waals surface area contributed by atoms with Crippen LogP contribution in [-0.2, 0) is 6.42 Å². The zero-order chi connectivity index (χ0) is 13.1. The minimum absolute atomic E-state index is 0.261. The summed E-state index contributed by atoms with van der Waals surface area (Å²) in [7, 11) is 0. The van der Waals surface area contributed by atoms with Gasteiger partial charge in [0.15, 0.2) is 5.22 Å². The molecule has 2 aromatic rings. The van der Waals surface area contributed by atoms with Crippen molar-refractivity contribution >= 4 is 23.2 Å². The van der Waals surface area contributed by atoms with Gasteiger partial charge in [0, 0.05) is 5.02 Å². The second kappa shape index (κ2) is 5.71. The molecule has 3 nitrogen and oxygen atoms in total. The Morgan fingerprint density at radius 1 is 1.28 bits per heavy atom. The van der Waals surface area contributed by atoms with Gasteiger partial charge in [-0.2, -0.15) is 0 Å². The van der Waals surface area contributed by atoms with Crippen LogP contribution in [0.4, 0.5) is 4.39 Å². The molecule has 0 aliphatic heterocycles. The first-order chi connectivity index (χ1) is 8.60. The number of hydrazine groups is 1. The summed E-state index contributed by atoms with van der Waals surface area (Å²) >= 11 is 11.5. The molecule has 1 aromatic heterocycles. The predicted molar refractivity (Wildman–Crippen MR) is 68.9 cm³/mol. The van der Waals surface area contributed by atoms with Crippen LogP contribution in [0.25, 0.3) is 0 Å². The van der Waals surface area contributed by atoms with Crippen LogP contribution in [0.2, 0.25) is 10.2 Å². The molecular formula is C12H11Cl2FN2O. The monoisotopic (exact) mass is 288 g/mol. The lowest BCUT2D eigenvalue weighted by molar-refractivity contribution is 0.413. The average molecular weight is 289 g/mol. The lowest BCUT2D eigenvalue weighted by Gasteiger charge is -2.14. The maximum absolute atomic E-state index is 13.6. The van der Waals surface area contributed by atoms with Gasteiger partial charge in [-0.05, 0) is 53.9 Å². The van der Waals surface area contributed by atoms with Crippen LogP contribution in [0.5, 0.6) is 0 Å². The Bertz CT molecular complexity index is 545. The Morgan fingerprint density at radius 3 is 2.67 bits per heavy atom. The fraction of sp³-hybridized carbons (Fsp3) is 0.167. The Hall–Kier alpha value is -1.07. The summed E-state index contributed by atoms with van der Waals surface area (Å²) in [6.07, 6.45) is 0.312. The van der Waals surface area contributed by atoms with Gasteiger partial charge >= 0.3 is 0 Å². The van der Waals surface area contributed by atoms with E-state index in [1.165, 1.54) is 12.1 Å². The van der Waals surface area contributed by atoms with Gasteiger partial charge in [0.05, 0.1) is 6.04 Å². The maximum atomic E-state index is 13.6. The van der Waals surface area contributed by atoms with E-state index >= 15 is 0 Å². The van der Waals surface area contributed by atoms with E-state index in [2.05, 4.69) is 5.43 Å². The summed E-state index contributed by atoms with van der Waals surface area (Å²) < 4.78 is 18.8. The highest BCUT2D eigenvalue weighted by Gasteiger charge is 2.17. The van der Waals surface area contributed by atoms with Crippen molar-refractivity contribution in [3.05, 3.63) is 57.7 Å². The van der Waals surface area contributed by atoms with Crippen molar-refractivity contribution in [3.8, 4) is 0 Å². The molecule has 0 amide bonds. The highest BCUT2D eigenvalue weighted by molar-refractivity contribution is 6.30. The van der Waals surface area contributed by atoms with Gasteiger partial charge in [0.2, 0.25) is 0 Å². The Morgan fingerprint density at radius 2 is 2.06 bits per heavy atom. The summed E-state index contributed by atoms with van der Waals surface area (Å²) in [5.74, 6) is 5.65. The SMILES string of the molecule is NNC(Cc1cc(Cl)ccc1F)c1ccc(Cl)o1. The number of halogens is 3. The molecule has 18 heavy (non-hydrogen) atoms. The van der Waals surface area contributed by atoms with E-state index in [1.807, 2.05) is 0 Å². The van der Waals surface area contributed by atoms with Crippen LogP contribution in [0.15, 0.2) is 34.7 Å². The highest BCUT2D eigenvalue weighted by Crippen LogP contribution is 2.25. The zero-order valence-electron chi connectivity index (χ0n) is 9.29. The van der Waals surface area contributed by atoms with E-state index in [-0.39, 0.29) is 17.1 Å². The Kier molecular flexibility index (Phi) is 4.24. The van der Waals surface area contributed by atoms with Crippen LogP contribution in [0.1, 0.15) is 17.4 Å². The van der Waals surface area contributed by atoms with E-state index < -0.39 is 0 Å². The van der Waals surface area contributed by atoms with E-state index in [4.69, 9.17) is 33.5 Å². The van der Waals surface area contributed by atoms with Gasteiger partial charge in [0.25, 0.3) is 0 Å². The number of furan rings is 1. The van der Waals surface area contributed by atoms with Crippen molar-refractivity contribution in [2.45, 2.75) is 12.5 Å². The lowest BCUT2D eigenvalue weighted by atomic mass is 10.0. The summed E-state index contributed by atoms with van der Waals surface area (Å²) in [6, 6.07) is 7.30. The number of hydrogen-bond acceptors (Lipinski definition) is 3. The second-order valence-electron chi connectivity index (χ2n) is 3.80. The zero-order valence-corrected chi connectivity index (χ0v) is 10.8. The van der Waals surface area contributed by atoms with Crippen molar-refractivity contribution in [1.29, 1.82) is 0 Å². The molecule has 3 N–H and O–H groups in total. The average Bonchev–Trinajstić information content (AvgIpc) is 2.77. The summed E-state index contributed by atoms with van der Waals surface area (Å²) in [4.78, 5) is 0. The van der Waals surface area contributed by atoms with Crippen molar-refractivity contribution < 1.29 is 8.81 Å². The third-order valence-electron chi connectivity index (χ3n) is 2.57. The fourth-order valence-electron chi connectivity index (χ4n) is 1.68. The minimum Gasteiger partial charge on any atom is -0.448 e. The first kappa shape index (κ1) is 13.4. The maximum Gasteiger partial charge on any atom is 0.193 e. The topological polar surface area (TPSA) is 51.2 Å². The molecule has 0 aliphatic carbocycles. The number of nitrogens with two attached hydrogens (primary N) is 1. The molecule has 0 saturated carbocycles. The predicted octanol–water partition coefficient (Wildman–Crippen LogP) is 3.47. The number of rotatable bonds is 4. The third-order valence-corrected chi connectivity index (χ3v) is 3.01. The Balaban J connectivity index is 2.22. The van der Waals surface area contributed by atoms with Gasteiger partial charge in [-0.3, -0.25) is 5.84 Å². The summed E-state index contributed by atoms with van der Waals surface area (Å²) in [5, 5.41) is 0.733. The number of hydrogen-bond donors (Lipinski definition) is 2. The van der Waals surface area contributed by atoms with Crippen molar-refractivity contribution in [2.24, 2.45) is 5.84 Å². The van der Waals surface area contributed by atoms with E-state index in [1.54, 1.807) is 18.2 Å². The van der Waals surface area contributed by atoms with Gasteiger partial charge < -0.3 is 4.42 Å². The fourth-order valence-corrected chi connectivity index (χ4v) is 2.02. The normalized spacial score (nSPS) is 12.7. The third kappa shape index (κ3) is 3.03. The highest BCUT2D eigenvalue weighted by atomic mass is 35.5. The molecule has 0 saturated heterocycles. The quantitative estimate of drug-likeness (QED) is 0.669. The first-order valence-electron chi connectivity index (χ1n) is 5.25. The molecule has 1 heterocycles. The van der Waals surface area contributed by atoms with Crippen LogP contribution >= 0.6 is 23.2 Å². The lowest BCUT2D eigenvalue weighted by Crippen LogP contribution is -2.29. The molecular weight excluding hydrogens is 278 g/mol. The van der Waals surface area contributed by atoms with E-state index in [0.717, 1.165) is 0 Å². The van der Waals surface area contributed by atoms with Crippen molar-refractivity contribution in [3.63, 3.8) is 0 Å². The molecule has 0 bridgehead atoms. The van der Waals surface area contributed by atoms with Gasteiger partial charge in [-0.15, -0.1) is 0 Å². The van der Waals surface area contributed by atoms with Crippen LogP contribution in [0.3, 0.4) is 0 Å². The molecule has 1 unspecified atom stereocenters.